The van der Waals surface area contributed by atoms with Crippen molar-refractivity contribution in [2.24, 2.45) is 5.92 Å². The molecular formula is C60H57N3O. The van der Waals surface area contributed by atoms with Crippen LogP contribution < -0.4 is 0 Å². The van der Waals surface area contributed by atoms with Crippen LogP contribution in [-0.2, 0) is 17.3 Å². The van der Waals surface area contributed by atoms with Crippen molar-refractivity contribution in [1.82, 2.24) is 14.5 Å². The van der Waals surface area contributed by atoms with Crippen LogP contribution >= 0.6 is 0 Å². The van der Waals surface area contributed by atoms with Crippen LogP contribution in [0, 0.1) is 5.92 Å². The smallest absolute Gasteiger partial charge is 0.149 e. The molecule has 4 heteroatoms. The number of phenols is 1. The van der Waals surface area contributed by atoms with E-state index in [2.05, 4.69) is 0 Å². The number of rotatable bonds is 9. The van der Waals surface area contributed by atoms with Crippen LogP contribution in [-0.4, -0.2) is 19.6 Å². The van der Waals surface area contributed by atoms with Crippen molar-refractivity contribution >= 4 is 11.0 Å². The van der Waals surface area contributed by atoms with Gasteiger partial charge >= 0.3 is 0 Å². The highest BCUT2D eigenvalue weighted by atomic mass is 16.3. The molecule has 64 heavy (non-hydrogen) atoms. The molecule has 0 saturated heterocycles. The summed E-state index contributed by atoms with van der Waals surface area (Å²) in [6, 6.07) is 50.3. The monoisotopic (exact) mass is 854 g/mol. The minimum atomic E-state index is -4.13. The summed E-state index contributed by atoms with van der Waals surface area (Å²) in [7, 11) is 0. The second-order valence-electron chi connectivity index (χ2n) is 16.6. The molecule has 0 saturated carbocycles. The Morgan fingerprint density at radius 2 is 1.19 bits per heavy atom. The first-order chi connectivity index (χ1) is 38.2. The summed E-state index contributed by atoms with van der Waals surface area (Å²) in [6.07, 6.45) is 2.23. The third kappa shape index (κ3) is 8.41. The van der Waals surface area contributed by atoms with E-state index in [1.54, 1.807) is 30.5 Å². The largest absolute Gasteiger partial charge is 0.507 e. The number of aromatic hydroxyl groups is 1. The van der Waals surface area contributed by atoms with Crippen molar-refractivity contribution in [2.75, 3.05) is 0 Å². The van der Waals surface area contributed by atoms with Crippen molar-refractivity contribution in [2.45, 2.75) is 72.2 Å². The van der Waals surface area contributed by atoms with Gasteiger partial charge in [0.05, 0.1) is 22.3 Å². The molecule has 9 aromatic rings. The lowest BCUT2D eigenvalue weighted by Crippen LogP contribution is -2.17. The Bertz CT molecular complexity index is 3730. The molecule has 4 nitrogen and oxygen atoms in total. The minimum absolute atomic E-state index is 0.0844. The number of imidazole rings is 1. The molecule has 0 aliphatic carbocycles. The maximum Gasteiger partial charge on any atom is 0.149 e. The van der Waals surface area contributed by atoms with Crippen LogP contribution in [0.5, 0.6) is 5.75 Å². The topological polar surface area (TPSA) is 50.9 Å². The van der Waals surface area contributed by atoms with Gasteiger partial charge in [0.2, 0.25) is 0 Å². The fourth-order valence-electron chi connectivity index (χ4n) is 8.44. The molecule has 2 heterocycles. The van der Waals surface area contributed by atoms with E-state index >= 15 is 0 Å². The Balaban J connectivity index is 1.47. The minimum Gasteiger partial charge on any atom is -0.507 e. The van der Waals surface area contributed by atoms with E-state index in [9.17, 15) is 5.11 Å². The third-order valence-corrected chi connectivity index (χ3v) is 11.4. The number of hydrogen-bond donors (Lipinski definition) is 1. The van der Waals surface area contributed by atoms with Crippen LogP contribution in [0.25, 0.3) is 83.9 Å². The number of hydrogen-bond acceptors (Lipinski definition) is 3. The van der Waals surface area contributed by atoms with Gasteiger partial charge < -0.3 is 5.11 Å². The number of para-hydroxylation sites is 1. The van der Waals surface area contributed by atoms with E-state index in [4.69, 9.17) is 34.6 Å². The lowest BCUT2D eigenvalue weighted by atomic mass is 9.79. The highest BCUT2D eigenvalue weighted by molar-refractivity contribution is 5.98. The highest BCUT2D eigenvalue weighted by Crippen LogP contribution is 2.45. The van der Waals surface area contributed by atoms with Gasteiger partial charge in [0.15, 0.2) is 0 Å². The van der Waals surface area contributed by atoms with E-state index in [0.717, 1.165) is 45.0 Å². The first-order valence-electron chi connectivity index (χ1n) is 30.0. The molecule has 1 N–H and O–H groups in total. The van der Waals surface area contributed by atoms with Crippen LogP contribution in [0.2, 0.25) is 0 Å². The lowest BCUT2D eigenvalue weighted by Gasteiger charge is -2.27. The zero-order valence-electron chi connectivity index (χ0n) is 53.3. The van der Waals surface area contributed by atoms with Gasteiger partial charge in [-0.05, 0) is 128 Å². The number of aromatic nitrogens is 3. The fourth-order valence-corrected chi connectivity index (χ4v) is 8.44. The first-order valence-corrected chi connectivity index (χ1v) is 21.0. The van der Waals surface area contributed by atoms with Crippen LogP contribution in [0.15, 0.2) is 176 Å². The van der Waals surface area contributed by atoms with Crippen molar-refractivity contribution in [3.63, 3.8) is 0 Å². The summed E-state index contributed by atoms with van der Waals surface area (Å²) in [5.41, 5.74) is -2.38. The third-order valence-electron chi connectivity index (χ3n) is 11.4. The summed E-state index contributed by atoms with van der Waals surface area (Å²) < 4.78 is 159. The molecule has 7 aromatic carbocycles. The first kappa shape index (κ1) is 25.9. The van der Waals surface area contributed by atoms with E-state index in [0.29, 0.717) is 46.1 Å². The zero-order valence-corrected chi connectivity index (χ0v) is 35.3. The molecule has 0 radical (unpaired) electrons. The van der Waals surface area contributed by atoms with E-state index in [1.165, 1.54) is 4.57 Å². The lowest BCUT2D eigenvalue weighted by molar-refractivity contribution is 0.446. The van der Waals surface area contributed by atoms with Crippen molar-refractivity contribution < 1.29 is 29.8 Å². The Hall–Kier alpha value is -7.04. The van der Waals surface area contributed by atoms with Crippen molar-refractivity contribution in [3.8, 4) is 78.6 Å². The number of fused-ring (bicyclic) bond motifs is 1. The summed E-state index contributed by atoms with van der Waals surface area (Å²) in [5.74, 6) is -1.66. The standard InChI is InChI=1S/C60H57N3O/c1-39(2)31-45-35-49(27-28-50(45)42-23-16-11-17-24-42)63-55-26-18-25-51(56(55)62-58(63)52-37-48(59(3,4)5)38-53(57(52)64)60(6,7)8)46-32-44(41-21-14-10-15-22-41)33-47(34-46)54-36-43(29-30-61-54)40-19-12-9-13-20-40/h9-30,32-39,64H,31H2,1-8H3/i3D3,4D3,5D3,6D3,7D3,8D3. The predicted molar refractivity (Wildman–Crippen MR) is 269 cm³/mol. The summed E-state index contributed by atoms with van der Waals surface area (Å²) in [4.78, 5) is 9.99. The second kappa shape index (κ2) is 16.9. The number of phenolic OH excluding ortho intramolecular Hbond substituents is 1. The molecule has 0 unspecified atom stereocenters. The van der Waals surface area contributed by atoms with E-state index in [-0.39, 0.29) is 11.4 Å². The molecular weight excluding hydrogens is 779 g/mol. The van der Waals surface area contributed by atoms with Gasteiger partial charge in [-0.25, -0.2) is 4.98 Å². The predicted octanol–water partition coefficient (Wildman–Crippen LogP) is 15.9. The van der Waals surface area contributed by atoms with Gasteiger partial charge in [0.25, 0.3) is 0 Å². The highest BCUT2D eigenvalue weighted by Gasteiger charge is 2.29. The van der Waals surface area contributed by atoms with Crippen molar-refractivity contribution in [3.05, 3.63) is 193 Å². The quantitative estimate of drug-likeness (QED) is 0.157. The maximum atomic E-state index is 13.0. The van der Waals surface area contributed by atoms with Crippen LogP contribution in [0.4, 0.5) is 0 Å². The summed E-state index contributed by atoms with van der Waals surface area (Å²) >= 11 is 0. The molecule has 0 fully saturated rings. The summed E-state index contributed by atoms with van der Waals surface area (Å²) in [6.45, 7) is -20.4. The number of pyridine rings is 1. The van der Waals surface area contributed by atoms with Gasteiger partial charge in [0, 0.05) is 53.2 Å². The maximum absolute atomic E-state index is 13.0. The molecule has 2 aromatic heterocycles. The molecule has 318 valence electrons. The average molecular weight is 854 g/mol. The van der Waals surface area contributed by atoms with E-state index < -0.39 is 80.2 Å². The molecule has 9 rings (SSSR count). The SMILES string of the molecule is [2H]C([2H])([2H])C(c1cc(-c2nc3c(-c4cc(-c5ccccc5)cc(-c5cc(-c6ccccc6)ccn5)c4)cccc3n2-c2ccc(-c3ccccc3)c(CC(C)C)c2)c(O)c(C(C([2H])([2H])[2H])(C([2H])([2H])[2H])C([2H])([2H])[2H])c1)(C([2H])([2H])[2H])C([2H])([2H])[2H]. The average Bonchev–Trinajstić information content (AvgIpc) is 1.65. The molecule has 0 bridgehead atoms. The van der Waals surface area contributed by atoms with Gasteiger partial charge in [0.1, 0.15) is 11.6 Å². The molecule has 0 aliphatic heterocycles. The normalized spacial score (nSPS) is 17.4. The van der Waals surface area contributed by atoms with Gasteiger partial charge in [-0.2, -0.15) is 0 Å². The Morgan fingerprint density at radius 3 is 1.86 bits per heavy atom. The van der Waals surface area contributed by atoms with Gasteiger partial charge in [-0.15, -0.1) is 0 Å². The molecule has 0 aliphatic rings. The molecule has 0 atom stereocenters. The number of benzene rings is 7. The Kier molecular flexibility index (Phi) is 6.85. The zero-order chi connectivity index (χ0) is 59.8. The summed E-state index contributed by atoms with van der Waals surface area (Å²) in [5, 5.41) is 13.0. The molecule has 0 spiro atoms. The van der Waals surface area contributed by atoms with Crippen LogP contribution in [0.1, 0.15) is 96.3 Å². The van der Waals surface area contributed by atoms with Gasteiger partial charge in [-0.1, -0.05) is 170 Å². The Morgan fingerprint density at radius 1 is 0.547 bits per heavy atom. The molecule has 0 amide bonds. The second-order valence-corrected chi connectivity index (χ2v) is 16.6. The Labute approximate surface area is 404 Å². The van der Waals surface area contributed by atoms with Crippen LogP contribution in [0.3, 0.4) is 0 Å². The number of nitrogens with zero attached hydrogens (tertiary/aromatic N) is 3. The van der Waals surface area contributed by atoms with Gasteiger partial charge in [-0.3, -0.25) is 9.55 Å². The van der Waals surface area contributed by atoms with E-state index in [1.807, 2.05) is 147 Å². The van der Waals surface area contributed by atoms with Crippen molar-refractivity contribution in [1.29, 1.82) is 0 Å². The fraction of sp³-hybridized carbons (Fsp3) is 0.200.